The molecular weight excluding hydrogens is 285 g/mol. The van der Waals surface area contributed by atoms with E-state index in [1.807, 2.05) is 26.8 Å². The molecule has 0 N–H and O–H groups in total. The van der Waals surface area contributed by atoms with Crippen molar-refractivity contribution in [2.75, 3.05) is 13.7 Å². The Hall–Kier alpha value is -0.770. The number of rotatable bonds is 4. The van der Waals surface area contributed by atoms with Crippen LogP contribution >= 0.6 is 23.2 Å². The van der Waals surface area contributed by atoms with Crippen molar-refractivity contribution in [3.8, 4) is 0 Å². The van der Waals surface area contributed by atoms with Gasteiger partial charge in [0.1, 0.15) is 6.61 Å². The zero-order valence-corrected chi connectivity index (χ0v) is 13.2. The molecule has 0 bridgehead atoms. The van der Waals surface area contributed by atoms with E-state index >= 15 is 0 Å². The van der Waals surface area contributed by atoms with Gasteiger partial charge in [-0.2, -0.15) is 0 Å². The van der Waals surface area contributed by atoms with Crippen molar-refractivity contribution in [3.05, 3.63) is 33.8 Å². The van der Waals surface area contributed by atoms with E-state index in [9.17, 15) is 4.79 Å². The zero-order valence-electron chi connectivity index (χ0n) is 11.7. The van der Waals surface area contributed by atoms with E-state index in [0.29, 0.717) is 16.6 Å². The highest BCUT2D eigenvalue weighted by atomic mass is 35.5. The van der Waals surface area contributed by atoms with Gasteiger partial charge in [0.2, 0.25) is 5.91 Å². The maximum atomic E-state index is 11.9. The van der Waals surface area contributed by atoms with Gasteiger partial charge in [0.15, 0.2) is 0 Å². The topological polar surface area (TPSA) is 29.5 Å². The largest absolute Gasteiger partial charge is 0.366 e. The van der Waals surface area contributed by atoms with Crippen molar-refractivity contribution in [1.29, 1.82) is 0 Å². The van der Waals surface area contributed by atoms with Gasteiger partial charge in [-0.25, -0.2) is 0 Å². The van der Waals surface area contributed by atoms with Crippen LogP contribution in [0.1, 0.15) is 26.3 Å². The number of carbonyl (C=O) groups is 1. The van der Waals surface area contributed by atoms with Crippen LogP contribution in [0.2, 0.25) is 10.0 Å². The van der Waals surface area contributed by atoms with Crippen LogP contribution in [-0.4, -0.2) is 30.1 Å². The molecule has 1 amide bonds. The summed E-state index contributed by atoms with van der Waals surface area (Å²) in [4.78, 5) is 13.5. The first kappa shape index (κ1) is 16.3. The summed E-state index contributed by atoms with van der Waals surface area (Å²) in [5, 5.41) is 1.00. The molecule has 0 aliphatic rings. The lowest BCUT2D eigenvalue weighted by molar-refractivity contribution is -0.140. The number of halogens is 2. The van der Waals surface area contributed by atoms with Crippen LogP contribution in [0.5, 0.6) is 0 Å². The molecule has 19 heavy (non-hydrogen) atoms. The molecule has 0 aliphatic carbocycles. The van der Waals surface area contributed by atoms with Crippen molar-refractivity contribution < 1.29 is 9.53 Å². The van der Waals surface area contributed by atoms with Crippen LogP contribution < -0.4 is 0 Å². The third-order valence-electron chi connectivity index (χ3n) is 2.46. The second kappa shape index (κ2) is 6.60. The molecule has 1 aromatic rings. The molecule has 0 saturated heterocycles. The van der Waals surface area contributed by atoms with Gasteiger partial charge in [-0.1, -0.05) is 29.3 Å². The summed E-state index contributed by atoms with van der Waals surface area (Å²) in [6, 6.07) is 5.34. The average Bonchev–Trinajstić information content (AvgIpc) is 2.29. The Balaban J connectivity index is 2.56. The third-order valence-corrected chi connectivity index (χ3v) is 3.20. The minimum Gasteiger partial charge on any atom is -0.366 e. The molecule has 0 saturated carbocycles. The summed E-state index contributed by atoms with van der Waals surface area (Å²) in [5.74, 6) is -0.0685. The van der Waals surface area contributed by atoms with Gasteiger partial charge >= 0.3 is 0 Å². The average molecular weight is 304 g/mol. The summed E-state index contributed by atoms with van der Waals surface area (Å²) in [6.07, 6.45) is 0. The summed E-state index contributed by atoms with van der Waals surface area (Å²) >= 11 is 11.8. The van der Waals surface area contributed by atoms with Gasteiger partial charge in [0.25, 0.3) is 0 Å². The molecule has 5 heteroatoms. The monoisotopic (exact) mass is 303 g/mol. The maximum Gasteiger partial charge on any atom is 0.248 e. The fourth-order valence-corrected chi connectivity index (χ4v) is 1.71. The lowest BCUT2D eigenvalue weighted by Gasteiger charge is -2.22. The van der Waals surface area contributed by atoms with E-state index in [-0.39, 0.29) is 18.1 Å². The highest BCUT2D eigenvalue weighted by molar-refractivity contribution is 6.42. The van der Waals surface area contributed by atoms with E-state index in [0.717, 1.165) is 5.56 Å². The first-order valence-corrected chi connectivity index (χ1v) is 6.76. The van der Waals surface area contributed by atoms with Crippen LogP contribution in [-0.2, 0) is 16.1 Å². The molecule has 0 atom stereocenters. The van der Waals surface area contributed by atoms with Crippen LogP contribution in [0.4, 0.5) is 0 Å². The SMILES string of the molecule is CN(Cc1ccc(Cl)c(Cl)c1)C(=O)COC(C)(C)C. The number of ether oxygens (including phenoxy) is 1. The lowest BCUT2D eigenvalue weighted by Crippen LogP contribution is -2.33. The van der Waals surface area contributed by atoms with Gasteiger partial charge in [-0.15, -0.1) is 0 Å². The van der Waals surface area contributed by atoms with Crippen molar-refractivity contribution in [2.45, 2.75) is 32.9 Å². The van der Waals surface area contributed by atoms with Crippen molar-refractivity contribution in [2.24, 2.45) is 0 Å². The quantitative estimate of drug-likeness (QED) is 0.847. The normalized spacial score (nSPS) is 11.5. The molecule has 0 spiro atoms. The smallest absolute Gasteiger partial charge is 0.248 e. The Kier molecular flexibility index (Phi) is 5.65. The highest BCUT2D eigenvalue weighted by Crippen LogP contribution is 2.23. The standard InChI is InChI=1S/C14H19Cl2NO2/c1-14(2,3)19-9-13(18)17(4)8-10-5-6-11(15)12(16)7-10/h5-7H,8-9H2,1-4H3. The van der Waals surface area contributed by atoms with Crippen LogP contribution in [0.15, 0.2) is 18.2 Å². The van der Waals surface area contributed by atoms with Gasteiger partial charge in [-0.3, -0.25) is 4.79 Å². The van der Waals surface area contributed by atoms with E-state index in [1.165, 1.54) is 0 Å². The Labute approximate surface area is 124 Å². The number of nitrogens with zero attached hydrogens (tertiary/aromatic N) is 1. The Morgan fingerprint density at radius 1 is 1.26 bits per heavy atom. The molecule has 0 aromatic heterocycles. The zero-order chi connectivity index (χ0) is 14.6. The summed E-state index contributed by atoms with van der Waals surface area (Å²) in [7, 11) is 1.73. The van der Waals surface area contributed by atoms with Gasteiger partial charge in [-0.05, 0) is 38.5 Å². The fraction of sp³-hybridized carbons (Fsp3) is 0.500. The highest BCUT2D eigenvalue weighted by Gasteiger charge is 2.16. The van der Waals surface area contributed by atoms with E-state index < -0.39 is 0 Å². The van der Waals surface area contributed by atoms with Crippen molar-refractivity contribution >= 4 is 29.1 Å². The summed E-state index contributed by atoms with van der Waals surface area (Å²) in [5.41, 5.74) is 0.612. The van der Waals surface area contributed by atoms with Crippen LogP contribution in [0, 0.1) is 0 Å². The minimum atomic E-state index is -0.319. The first-order valence-electron chi connectivity index (χ1n) is 6.01. The predicted octanol–water partition coefficient (Wildman–Crippen LogP) is 3.77. The Morgan fingerprint density at radius 3 is 2.42 bits per heavy atom. The summed E-state index contributed by atoms with van der Waals surface area (Å²) < 4.78 is 5.45. The molecule has 0 fully saturated rings. The summed E-state index contributed by atoms with van der Waals surface area (Å²) in [6.45, 7) is 6.29. The number of hydrogen-bond donors (Lipinski definition) is 0. The van der Waals surface area contributed by atoms with Crippen LogP contribution in [0.25, 0.3) is 0 Å². The molecule has 106 valence electrons. The lowest BCUT2D eigenvalue weighted by atomic mass is 10.2. The molecule has 1 aromatic carbocycles. The van der Waals surface area contributed by atoms with E-state index in [4.69, 9.17) is 27.9 Å². The molecule has 3 nitrogen and oxygen atoms in total. The number of amides is 1. The second-order valence-corrected chi connectivity index (χ2v) is 6.21. The second-order valence-electron chi connectivity index (χ2n) is 5.40. The number of likely N-dealkylation sites (N-methyl/N-ethyl adjacent to an activating group) is 1. The Bertz CT molecular complexity index is 455. The van der Waals surface area contributed by atoms with E-state index in [2.05, 4.69) is 0 Å². The van der Waals surface area contributed by atoms with Gasteiger partial charge < -0.3 is 9.64 Å². The molecule has 0 radical (unpaired) electrons. The third kappa shape index (κ3) is 5.81. The minimum absolute atomic E-state index is 0.0685. The van der Waals surface area contributed by atoms with Crippen LogP contribution in [0.3, 0.4) is 0 Å². The maximum absolute atomic E-state index is 11.9. The molecule has 0 unspecified atom stereocenters. The molecule has 0 heterocycles. The van der Waals surface area contributed by atoms with Gasteiger partial charge in [0, 0.05) is 13.6 Å². The van der Waals surface area contributed by atoms with Crippen molar-refractivity contribution in [1.82, 2.24) is 4.90 Å². The Morgan fingerprint density at radius 2 is 1.89 bits per heavy atom. The fourth-order valence-electron chi connectivity index (χ4n) is 1.39. The van der Waals surface area contributed by atoms with Crippen molar-refractivity contribution in [3.63, 3.8) is 0 Å². The van der Waals surface area contributed by atoms with Gasteiger partial charge in [0.05, 0.1) is 15.6 Å². The molecular formula is C14H19Cl2NO2. The van der Waals surface area contributed by atoms with E-state index in [1.54, 1.807) is 24.1 Å². The molecule has 1 rings (SSSR count). The molecule has 0 aliphatic heterocycles. The number of hydrogen-bond acceptors (Lipinski definition) is 2. The number of carbonyl (C=O) groups excluding carboxylic acids is 1. The first-order chi connectivity index (χ1) is 8.69. The predicted molar refractivity (Wildman–Crippen MR) is 78.6 cm³/mol. The number of benzene rings is 1.